The van der Waals surface area contributed by atoms with Crippen molar-refractivity contribution in [3.63, 3.8) is 0 Å². The summed E-state index contributed by atoms with van der Waals surface area (Å²) in [6.45, 7) is 10.0. The van der Waals surface area contributed by atoms with Crippen LogP contribution in [-0.2, 0) is 34.3 Å². The molecule has 12 heteroatoms. The van der Waals surface area contributed by atoms with E-state index in [2.05, 4.69) is 19.2 Å². The maximum atomic E-state index is 15.1. The van der Waals surface area contributed by atoms with E-state index in [9.17, 15) is 14.0 Å². The molecule has 0 radical (unpaired) electrons. The average Bonchev–Trinajstić information content (AvgIpc) is 3.56. The van der Waals surface area contributed by atoms with E-state index in [0.717, 1.165) is 11.1 Å². The largest absolute Gasteiger partial charge is 0.482 e. The molecule has 3 atom stereocenters. The Morgan fingerprint density at radius 1 is 0.909 bits per heavy atom. The van der Waals surface area contributed by atoms with Crippen LogP contribution in [0.3, 0.4) is 0 Å². The number of carbonyl (C=O) groups excluding carboxylic acids is 3. The number of carbonyl (C=O) groups is 3. The summed E-state index contributed by atoms with van der Waals surface area (Å²) in [4.78, 5) is 42.2. The van der Waals surface area contributed by atoms with E-state index in [1.165, 1.54) is 28.8 Å². The minimum atomic E-state index is -1.20. The van der Waals surface area contributed by atoms with Crippen molar-refractivity contribution in [3.8, 4) is 5.75 Å². The van der Waals surface area contributed by atoms with Gasteiger partial charge in [-0.3, -0.25) is 4.79 Å². The second-order valence-corrected chi connectivity index (χ2v) is 16.5. The van der Waals surface area contributed by atoms with Crippen molar-refractivity contribution < 1.29 is 42.5 Å². The summed E-state index contributed by atoms with van der Waals surface area (Å²) in [6, 6.07) is 30.2. The molecule has 1 N–H and O–H groups in total. The molecule has 4 aromatic rings. The van der Waals surface area contributed by atoms with Crippen molar-refractivity contribution in [1.29, 1.82) is 0 Å². The Morgan fingerprint density at radius 2 is 1.53 bits per heavy atom. The van der Waals surface area contributed by atoms with Gasteiger partial charge in [0.1, 0.15) is 35.1 Å². The lowest BCUT2D eigenvalue weighted by Crippen LogP contribution is -2.49. The van der Waals surface area contributed by atoms with Crippen molar-refractivity contribution in [3.05, 3.63) is 132 Å². The summed E-state index contributed by atoms with van der Waals surface area (Å²) in [7, 11) is 0. The van der Waals surface area contributed by atoms with E-state index in [1.807, 2.05) is 60.7 Å². The predicted octanol–water partition coefficient (Wildman–Crippen LogP) is 8.45. The summed E-state index contributed by atoms with van der Waals surface area (Å²) in [6.07, 6.45) is -0.749. The molecule has 2 amide bonds. The molecule has 2 aliphatic heterocycles. The van der Waals surface area contributed by atoms with Gasteiger partial charge in [-0.1, -0.05) is 86.6 Å². The third-order valence-corrected chi connectivity index (χ3v) is 10.5. The second kappa shape index (κ2) is 16.8. The zero-order valence-corrected chi connectivity index (χ0v) is 32.5. The van der Waals surface area contributed by atoms with Gasteiger partial charge >= 0.3 is 12.1 Å². The van der Waals surface area contributed by atoms with E-state index in [-0.39, 0.29) is 24.4 Å². The van der Waals surface area contributed by atoms with E-state index in [0.29, 0.717) is 30.2 Å². The van der Waals surface area contributed by atoms with Gasteiger partial charge < -0.3 is 29.0 Å². The van der Waals surface area contributed by atoms with Crippen molar-refractivity contribution in [2.45, 2.75) is 63.3 Å². The molecule has 0 saturated carbocycles. The number of ether oxygens (including phenoxy) is 5. The summed E-state index contributed by atoms with van der Waals surface area (Å²) in [5, 5.41) is 2.47. The molecule has 6 rings (SSSR count). The highest BCUT2D eigenvalue weighted by molar-refractivity contribution is 8.00. The molecule has 4 aromatic carbocycles. The van der Waals surface area contributed by atoms with Crippen LogP contribution in [0.2, 0.25) is 0 Å². The van der Waals surface area contributed by atoms with E-state index >= 15 is 4.79 Å². The maximum Gasteiger partial charge on any atom is 0.417 e. The van der Waals surface area contributed by atoms with E-state index < -0.39 is 52.5 Å². The number of halogens is 1. The van der Waals surface area contributed by atoms with Crippen LogP contribution in [0.15, 0.2) is 109 Å². The number of amides is 2. The molecule has 2 fully saturated rings. The molecule has 55 heavy (non-hydrogen) atoms. The summed E-state index contributed by atoms with van der Waals surface area (Å²) >= 11 is 1.29. The van der Waals surface area contributed by atoms with Gasteiger partial charge in [-0.25, -0.2) is 18.9 Å². The minimum absolute atomic E-state index is 0.000965. The molecule has 0 aliphatic carbocycles. The summed E-state index contributed by atoms with van der Waals surface area (Å²) in [5.74, 6) is -2.04. The van der Waals surface area contributed by atoms with Crippen molar-refractivity contribution in [1.82, 2.24) is 4.90 Å². The Morgan fingerprint density at radius 3 is 2.15 bits per heavy atom. The Labute approximate surface area is 325 Å². The Bertz CT molecular complexity index is 1910. The first-order chi connectivity index (χ1) is 26.2. The number of benzene rings is 4. The van der Waals surface area contributed by atoms with Crippen LogP contribution in [-0.4, -0.2) is 65.9 Å². The molecule has 0 unspecified atom stereocenters. The number of imide groups is 1. The molecular formula is C43H47FN2O8S. The van der Waals surface area contributed by atoms with Crippen LogP contribution in [0.5, 0.6) is 5.75 Å². The number of anilines is 1. The second-order valence-electron chi connectivity index (χ2n) is 15.4. The van der Waals surface area contributed by atoms with Gasteiger partial charge in [0.25, 0.3) is 0 Å². The van der Waals surface area contributed by atoms with Crippen LogP contribution < -0.4 is 10.1 Å². The SMILES string of the molecule is CC1(C)COC(CS[C@@H](C(=O)N2C(=O)OC[C@@H]2c2ccccc2)[C@@H](Nc2ccc(F)cc2)c2ccc(OCC(=O)OC(C)(C)C)cc2)(c2ccccc2)OC1. The van der Waals surface area contributed by atoms with Crippen molar-refractivity contribution in [2.75, 3.05) is 37.5 Å². The van der Waals surface area contributed by atoms with Gasteiger partial charge in [-0.2, -0.15) is 0 Å². The standard InChI is InChI=1S/C43H47FN2O8S/c1-41(2,3)54-36(47)25-50-34-22-16-30(17-23-34)37(45-33-20-18-32(44)19-21-33)38(39(48)46-35(24-51-40(46)49)29-12-8-6-9-13-29)55-28-43(31-14-10-7-11-15-31)52-26-42(4,5)27-53-43/h6-23,35,37-38,45H,24-28H2,1-5H3/t35-,37+,38-/m1/s1. The fraction of sp³-hybridized carbons (Fsp3) is 0.372. The molecule has 0 bridgehead atoms. The number of rotatable bonds is 13. The number of cyclic esters (lactones) is 1. The highest BCUT2D eigenvalue weighted by atomic mass is 32.2. The quantitative estimate of drug-likeness (QED) is 0.133. The Hall–Kier alpha value is -4.91. The molecule has 0 aromatic heterocycles. The fourth-order valence-corrected chi connectivity index (χ4v) is 7.72. The number of thioether (sulfide) groups is 1. The van der Waals surface area contributed by atoms with Gasteiger partial charge in [0.15, 0.2) is 6.61 Å². The van der Waals surface area contributed by atoms with Crippen LogP contribution >= 0.6 is 11.8 Å². The first-order valence-corrected chi connectivity index (χ1v) is 19.2. The van der Waals surface area contributed by atoms with Gasteiger partial charge in [-0.15, -0.1) is 11.8 Å². The maximum absolute atomic E-state index is 15.1. The molecule has 2 aliphatic rings. The predicted molar refractivity (Wildman–Crippen MR) is 208 cm³/mol. The summed E-state index contributed by atoms with van der Waals surface area (Å²) < 4.78 is 43.9. The zero-order chi connectivity index (χ0) is 39.2. The highest BCUT2D eigenvalue weighted by Gasteiger charge is 2.48. The monoisotopic (exact) mass is 770 g/mol. The topological polar surface area (TPSA) is 113 Å². The number of esters is 1. The number of nitrogens with one attached hydrogen (secondary N) is 1. The number of hydrogen-bond donors (Lipinski definition) is 1. The van der Waals surface area contributed by atoms with E-state index in [1.54, 1.807) is 57.2 Å². The Kier molecular flexibility index (Phi) is 12.2. The average molecular weight is 771 g/mol. The normalized spacial score (nSPS) is 18.8. The molecule has 2 heterocycles. The fourth-order valence-electron chi connectivity index (χ4n) is 6.31. The molecule has 0 spiro atoms. The van der Waals surface area contributed by atoms with Gasteiger partial charge in [0.2, 0.25) is 11.7 Å². The van der Waals surface area contributed by atoms with Crippen LogP contribution in [0.25, 0.3) is 0 Å². The van der Waals surface area contributed by atoms with E-state index in [4.69, 9.17) is 23.7 Å². The van der Waals surface area contributed by atoms with Crippen LogP contribution in [0.4, 0.5) is 14.9 Å². The third kappa shape index (κ3) is 10.0. The van der Waals surface area contributed by atoms with Crippen molar-refractivity contribution in [2.24, 2.45) is 5.41 Å². The van der Waals surface area contributed by atoms with Gasteiger partial charge in [0, 0.05) is 16.7 Å². The summed E-state index contributed by atoms with van der Waals surface area (Å²) in [5.41, 5.74) is 1.85. The molecule has 2 saturated heterocycles. The Balaban J connectivity index is 1.39. The van der Waals surface area contributed by atoms with Gasteiger partial charge in [-0.05, 0) is 68.3 Å². The lowest BCUT2D eigenvalue weighted by molar-refractivity contribution is -0.295. The van der Waals surface area contributed by atoms with Crippen molar-refractivity contribution >= 4 is 35.4 Å². The van der Waals surface area contributed by atoms with Crippen LogP contribution in [0, 0.1) is 11.2 Å². The molecule has 290 valence electrons. The smallest absolute Gasteiger partial charge is 0.417 e. The van der Waals surface area contributed by atoms with Gasteiger partial charge in [0.05, 0.1) is 25.0 Å². The first kappa shape index (κ1) is 39.8. The number of nitrogens with zero attached hydrogens (tertiary/aromatic N) is 1. The number of hydrogen-bond acceptors (Lipinski definition) is 10. The minimum Gasteiger partial charge on any atom is -0.482 e. The molecular weight excluding hydrogens is 724 g/mol. The first-order valence-electron chi connectivity index (χ1n) is 18.2. The van der Waals surface area contributed by atoms with Crippen LogP contribution in [0.1, 0.15) is 63.4 Å². The highest BCUT2D eigenvalue weighted by Crippen LogP contribution is 2.43. The molecule has 10 nitrogen and oxygen atoms in total. The lowest BCUT2D eigenvalue weighted by Gasteiger charge is -2.44. The third-order valence-electron chi connectivity index (χ3n) is 9.08. The zero-order valence-electron chi connectivity index (χ0n) is 31.7. The lowest BCUT2D eigenvalue weighted by atomic mass is 9.93.